The van der Waals surface area contributed by atoms with E-state index in [-0.39, 0.29) is 6.10 Å². The summed E-state index contributed by atoms with van der Waals surface area (Å²) in [5.74, 6) is 1.57. The second kappa shape index (κ2) is 3.97. The summed E-state index contributed by atoms with van der Waals surface area (Å²) in [6.45, 7) is 4.86. The Morgan fingerprint density at radius 2 is 2.46 bits per heavy atom. The molecular formula is C11H15O2. The molecule has 2 atom stereocenters. The van der Waals surface area contributed by atoms with Crippen molar-refractivity contribution in [1.29, 1.82) is 0 Å². The lowest BCUT2D eigenvalue weighted by Gasteiger charge is -2.28. The zero-order chi connectivity index (χ0) is 9.10. The zero-order valence-electron chi connectivity index (χ0n) is 7.74. The van der Waals surface area contributed by atoms with Crippen LogP contribution in [0.1, 0.15) is 18.6 Å². The minimum Gasteiger partial charge on any atom is -0.469 e. The van der Waals surface area contributed by atoms with Gasteiger partial charge >= 0.3 is 0 Å². The van der Waals surface area contributed by atoms with Gasteiger partial charge in [-0.1, -0.05) is 0 Å². The molecule has 1 saturated heterocycles. The largest absolute Gasteiger partial charge is 0.469 e. The summed E-state index contributed by atoms with van der Waals surface area (Å²) in [6.07, 6.45) is 5.17. The van der Waals surface area contributed by atoms with Crippen molar-refractivity contribution in [1.82, 2.24) is 0 Å². The van der Waals surface area contributed by atoms with Gasteiger partial charge in [-0.2, -0.15) is 0 Å². The number of hydrogen-bond donors (Lipinski definition) is 0. The lowest BCUT2D eigenvalue weighted by Crippen LogP contribution is -2.28. The molecular weight excluding hydrogens is 164 g/mol. The van der Waals surface area contributed by atoms with Crippen LogP contribution in [-0.4, -0.2) is 12.7 Å². The third kappa shape index (κ3) is 2.13. The Bertz CT molecular complexity index is 241. The Morgan fingerprint density at radius 3 is 3.15 bits per heavy atom. The molecule has 2 rings (SSSR count). The molecule has 2 unspecified atom stereocenters. The molecule has 1 fully saturated rings. The Labute approximate surface area is 78.9 Å². The first-order chi connectivity index (χ1) is 6.36. The fourth-order valence-electron chi connectivity index (χ4n) is 1.82. The molecule has 0 aliphatic carbocycles. The maximum Gasteiger partial charge on any atom is 0.104 e. The van der Waals surface area contributed by atoms with Crippen LogP contribution in [0.4, 0.5) is 0 Å². The van der Waals surface area contributed by atoms with Gasteiger partial charge in [-0.25, -0.2) is 0 Å². The highest BCUT2D eigenvalue weighted by Crippen LogP contribution is 2.24. The second-order valence-corrected chi connectivity index (χ2v) is 3.60. The van der Waals surface area contributed by atoms with Crippen LogP contribution in [-0.2, 0) is 11.2 Å². The van der Waals surface area contributed by atoms with E-state index >= 15 is 0 Å². The van der Waals surface area contributed by atoms with Crippen molar-refractivity contribution in [2.24, 2.45) is 5.92 Å². The first-order valence-electron chi connectivity index (χ1n) is 4.83. The summed E-state index contributed by atoms with van der Waals surface area (Å²) in [4.78, 5) is 0. The molecule has 0 bridgehead atoms. The average Bonchev–Trinajstić information content (AvgIpc) is 2.61. The molecule has 0 saturated carbocycles. The molecule has 2 nitrogen and oxygen atoms in total. The zero-order valence-corrected chi connectivity index (χ0v) is 7.74. The van der Waals surface area contributed by atoms with Gasteiger partial charge in [-0.3, -0.25) is 0 Å². The van der Waals surface area contributed by atoms with E-state index in [0.717, 1.165) is 25.2 Å². The first kappa shape index (κ1) is 8.82. The Kier molecular flexibility index (Phi) is 2.69. The normalized spacial score (nSPS) is 29.0. The Morgan fingerprint density at radius 1 is 1.54 bits per heavy atom. The monoisotopic (exact) mass is 179 g/mol. The van der Waals surface area contributed by atoms with E-state index < -0.39 is 0 Å². The predicted molar refractivity (Wildman–Crippen MR) is 50.2 cm³/mol. The fourth-order valence-corrected chi connectivity index (χ4v) is 1.82. The summed E-state index contributed by atoms with van der Waals surface area (Å²) in [7, 11) is 0. The van der Waals surface area contributed by atoms with Crippen molar-refractivity contribution in [3.63, 3.8) is 0 Å². The smallest absolute Gasteiger partial charge is 0.104 e. The summed E-state index contributed by atoms with van der Waals surface area (Å²) in [5, 5.41) is 0. The topological polar surface area (TPSA) is 22.4 Å². The molecule has 71 valence electrons. The van der Waals surface area contributed by atoms with Crippen LogP contribution in [0.2, 0.25) is 0 Å². The van der Waals surface area contributed by atoms with Crippen LogP contribution in [0.15, 0.2) is 22.8 Å². The quantitative estimate of drug-likeness (QED) is 0.695. The number of hydrogen-bond acceptors (Lipinski definition) is 2. The van der Waals surface area contributed by atoms with E-state index in [1.165, 1.54) is 6.42 Å². The van der Waals surface area contributed by atoms with Crippen molar-refractivity contribution in [3.8, 4) is 0 Å². The molecule has 0 N–H and O–H groups in total. The van der Waals surface area contributed by atoms with Crippen molar-refractivity contribution >= 4 is 0 Å². The van der Waals surface area contributed by atoms with Gasteiger partial charge in [-0.15, -0.1) is 0 Å². The standard InChI is InChI=1S/C11H15O2/c1-9-10(4-2-6-12-9)8-11-5-3-7-13-11/h3,5,7,9-10H,1-2,4,6,8H2. The molecule has 1 aromatic rings. The van der Waals surface area contributed by atoms with Crippen molar-refractivity contribution in [2.45, 2.75) is 25.4 Å². The molecule has 0 amide bonds. The Balaban J connectivity index is 1.93. The highest BCUT2D eigenvalue weighted by Gasteiger charge is 2.22. The van der Waals surface area contributed by atoms with Crippen LogP contribution < -0.4 is 0 Å². The van der Waals surface area contributed by atoms with Crippen molar-refractivity contribution in [2.75, 3.05) is 6.61 Å². The third-order valence-electron chi connectivity index (χ3n) is 2.62. The van der Waals surface area contributed by atoms with Crippen LogP contribution >= 0.6 is 0 Å². The highest BCUT2D eigenvalue weighted by atomic mass is 16.5. The molecule has 1 aliphatic rings. The maximum absolute atomic E-state index is 5.49. The van der Waals surface area contributed by atoms with Crippen LogP contribution in [0.5, 0.6) is 0 Å². The highest BCUT2D eigenvalue weighted by molar-refractivity contribution is 5.00. The summed E-state index contributed by atoms with van der Waals surface area (Å²) in [6, 6.07) is 3.94. The minimum atomic E-state index is 0.138. The first-order valence-corrected chi connectivity index (χ1v) is 4.83. The molecule has 2 heterocycles. The van der Waals surface area contributed by atoms with E-state index in [2.05, 4.69) is 6.92 Å². The molecule has 1 aromatic heterocycles. The van der Waals surface area contributed by atoms with E-state index in [9.17, 15) is 0 Å². The fraction of sp³-hybridized carbons (Fsp3) is 0.545. The van der Waals surface area contributed by atoms with Gasteiger partial charge in [0.2, 0.25) is 0 Å². The number of ether oxygens (including phenoxy) is 1. The van der Waals surface area contributed by atoms with Crippen molar-refractivity contribution in [3.05, 3.63) is 31.1 Å². The van der Waals surface area contributed by atoms with Crippen LogP contribution in [0.25, 0.3) is 0 Å². The van der Waals surface area contributed by atoms with Crippen LogP contribution in [0, 0.1) is 12.8 Å². The van der Waals surface area contributed by atoms with E-state index in [1.54, 1.807) is 6.26 Å². The van der Waals surface area contributed by atoms with Gasteiger partial charge < -0.3 is 9.15 Å². The minimum absolute atomic E-state index is 0.138. The summed E-state index contributed by atoms with van der Waals surface area (Å²) in [5.41, 5.74) is 0. The number of furan rings is 1. The lowest BCUT2D eigenvalue weighted by molar-refractivity contribution is 0.000565. The van der Waals surface area contributed by atoms with Crippen molar-refractivity contribution < 1.29 is 9.15 Å². The summed E-state index contributed by atoms with van der Waals surface area (Å²) < 4.78 is 10.8. The van der Waals surface area contributed by atoms with Gasteiger partial charge in [-0.05, 0) is 37.8 Å². The molecule has 2 heteroatoms. The van der Waals surface area contributed by atoms with E-state index in [0.29, 0.717) is 5.92 Å². The van der Waals surface area contributed by atoms with Gasteiger partial charge in [0.1, 0.15) is 5.76 Å². The van der Waals surface area contributed by atoms with Gasteiger partial charge in [0.05, 0.1) is 12.4 Å². The molecule has 1 radical (unpaired) electrons. The summed E-state index contributed by atoms with van der Waals surface area (Å²) >= 11 is 0. The van der Waals surface area contributed by atoms with Gasteiger partial charge in [0.25, 0.3) is 0 Å². The predicted octanol–water partition coefficient (Wildman–Crippen LogP) is 2.45. The molecule has 0 spiro atoms. The average molecular weight is 179 g/mol. The van der Waals surface area contributed by atoms with Crippen LogP contribution in [0.3, 0.4) is 0 Å². The molecule has 0 aromatic carbocycles. The Hall–Kier alpha value is -0.760. The third-order valence-corrected chi connectivity index (χ3v) is 2.62. The number of rotatable bonds is 2. The molecule has 1 aliphatic heterocycles. The lowest BCUT2D eigenvalue weighted by atomic mass is 9.91. The van der Waals surface area contributed by atoms with Gasteiger partial charge in [0, 0.05) is 13.0 Å². The maximum atomic E-state index is 5.49. The molecule has 13 heavy (non-hydrogen) atoms. The van der Waals surface area contributed by atoms with E-state index in [1.807, 2.05) is 12.1 Å². The van der Waals surface area contributed by atoms with E-state index in [4.69, 9.17) is 9.15 Å². The second-order valence-electron chi connectivity index (χ2n) is 3.60. The van der Waals surface area contributed by atoms with Gasteiger partial charge in [0.15, 0.2) is 0 Å². The SMILES string of the molecule is [CH2]C1OCCCC1Cc1ccco1.